The van der Waals surface area contributed by atoms with E-state index in [9.17, 15) is 13.2 Å². The Morgan fingerprint density at radius 3 is 2.55 bits per heavy atom. The lowest BCUT2D eigenvalue weighted by Crippen LogP contribution is -2.23. The summed E-state index contributed by atoms with van der Waals surface area (Å²) in [5.74, 6) is -1.13. The maximum absolute atomic E-state index is 10.6. The summed E-state index contributed by atoms with van der Waals surface area (Å²) >= 11 is 0. The van der Waals surface area contributed by atoms with Gasteiger partial charge in [0.05, 0.1) is 11.9 Å². The Balaban J connectivity index is 0.000000370. The second kappa shape index (κ2) is 10.5. The van der Waals surface area contributed by atoms with Crippen molar-refractivity contribution in [1.29, 1.82) is 0 Å². The molecular weight excluding hydrogens is 389 g/mol. The van der Waals surface area contributed by atoms with E-state index in [2.05, 4.69) is 29.0 Å². The number of aliphatic carboxylic acids is 1. The molecule has 0 saturated carbocycles. The maximum Gasteiger partial charge on any atom is 0.490 e. The van der Waals surface area contributed by atoms with Gasteiger partial charge in [0, 0.05) is 6.54 Å². The Hall–Kier alpha value is -3.07. The Labute approximate surface area is 166 Å². The largest absolute Gasteiger partial charge is 0.490 e. The fraction of sp³-hybridized carbons (Fsp3) is 0.300. The quantitative estimate of drug-likeness (QED) is 0.710. The number of benzene rings is 1. The number of aromatic nitrogens is 1. The van der Waals surface area contributed by atoms with Crippen molar-refractivity contribution >= 4 is 5.97 Å². The smallest absolute Gasteiger partial charge is 0.488 e. The second-order valence-corrected chi connectivity index (χ2v) is 6.03. The van der Waals surface area contributed by atoms with Gasteiger partial charge in [0.15, 0.2) is 0 Å². The molecule has 156 valence electrons. The summed E-state index contributed by atoms with van der Waals surface area (Å²) in [5, 5.41) is 10.5. The molecule has 1 aromatic carbocycles. The average molecular weight is 410 g/mol. The fourth-order valence-electron chi connectivity index (χ4n) is 2.44. The highest BCUT2D eigenvalue weighted by atomic mass is 19.4. The van der Waals surface area contributed by atoms with Gasteiger partial charge in [0.25, 0.3) is 0 Å². The van der Waals surface area contributed by atoms with Crippen LogP contribution in [0.25, 0.3) is 0 Å². The van der Waals surface area contributed by atoms with Crippen LogP contribution in [0, 0.1) is 0 Å². The third-order valence-electron chi connectivity index (χ3n) is 3.86. The van der Waals surface area contributed by atoms with E-state index in [1.807, 2.05) is 18.2 Å². The number of carbonyl (C=O) groups is 1. The second-order valence-electron chi connectivity index (χ2n) is 6.03. The summed E-state index contributed by atoms with van der Waals surface area (Å²) in [6.07, 6.45) is -0.579. The van der Waals surface area contributed by atoms with E-state index >= 15 is 0 Å². The summed E-state index contributed by atoms with van der Waals surface area (Å²) < 4.78 is 43.0. The number of fused-ring (bicyclic) bond motifs is 1. The van der Waals surface area contributed by atoms with Crippen LogP contribution in [0.3, 0.4) is 0 Å². The molecule has 2 heterocycles. The molecule has 0 aliphatic carbocycles. The zero-order chi connectivity index (χ0) is 21.3. The van der Waals surface area contributed by atoms with Crippen molar-refractivity contribution in [3.8, 4) is 11.5 Å². The Kier molecular flexibility index (Phi) is 8.02. The fourth-order valence-corrected chi connectivity index (χ4v) is 2.44. The highest BCUT2D eigenvalue weighted by molar-refractivity contribution is 5.73. The number of rotatable bonds is 6. The van der Waals surface area contributed by atoms with Gasteiger partial charge < -0.3 is 19.9 Å². The number of nitrogens with one attached hydrogen (secondary N) is 1. The van der Waals surface area contributed by atoms with Crippen LogP contribution < -0.4 is 14.8 Å². The number of alkyl halides is 3. The first kappa shape index (κ1) is 22.2. The van der Waals surface area contributed by atoms with Crippen molar-refractivity contribution in [3.63, 3.8) is 0 Å². The number of carboxylic acids is 1. The summed E-state index contributed by atoms with van der Waals surface area (Å²) in [4.78, 5) is 13.2. The van der Waals surface area contributed by atoms with Crippen LogP contribution in [0.2, 0.25) is 0 Å². The molecule has 1 aromatic heterocycles. The number of carboxylic acid groups (broad SMARTS) is 1. The lowest BCUT2D eigenvalue weighted by atomic mass is 10.0. The molecule has 0 unspecified atom stereocenters. The molecule has 1 aliphatic heterocycles. The van der Waals surface area contributed by atoms with Crippen LogP contribution in [0.4, 0.5) is 13.2 Å². The Bertz CT molecular complexity index is 823. The van der Waals surface area contributed by atoms with Crippen LogP contribution in [-0.2, 0) is 24.4 Å². The lowest BCUT2D eigenvalue weighted by Gasteiger charge is -2.18. The number of hydrogen-bond donors (Lipinski definition) is 2. The van der Waals surface area contributed by atoms with E-state index < -0.39 is 12.1 Å². The first-order valence-electron chi connectivity index (χ1n) is 8.73. The first-order valence-corrected chi connectivity index (χ1v) is 8.73. The van der Waals surface area contributed by atoms with Crippen LogP contribution in [0.1, 0.15) is 16.8 Å². The van der Waals surface area contributed by atoms with Gasteiger partial charge in [-0.2, -0.15) is 13.2 Å². The molecule has 0 saturated heterocycles. The first-order chi connectivity index (χ1) is 13.8. The summed E-state index contributed by atoms with van der Waals surface area (Å²) in [5.41, 5.74) is 3.61. The molecule has 0 bridgehead atoms. The summed E-state index contributed by atoms with van der Waals surface area (Å²) in [6, 6.07) is 10.1. The minimum absolute atomic E-state index is 0.452. The number of hydrogen-bond acceptors (Lipinski definition) is 5. The van der Waals surface area contributed by atoms with Crippen LogP contribution in [-0.4, -0.2) is 35.4 Å². The molecule has 2 N–H and O–H groups in total. The third-order valence-corrected chi connectivity index (χ3v) is 3.86. The zero-order valence-corrected chi connectivity index (χ0v) is 15.5. The van der Waals surface area contributed by atoms with E-state index in [-0.39, 0.29) is 0 Å². The number of ether oxygens (including phenoxy) is 2. The molecule has 29 heavy (non-hydrogen) atoms. The SMILES string of the molecule is C=CCOc1ccc(COc2ccc3c(c2)CNCC3)nc1.O=C(O)C(F)(F)F. The van der Waals surface area contributed by atoms with Crippen molar-refractivity contribution in [1.82, 2.24) is 10.3 Å². The molecule has 1 aliphatic rings. The predicted molar refractivity (Wildman–Crippen MR) is 99.8 cm³/mol. The zero-order valence-electron chi connectivity index (χ0n) is 15.5. The molecule has 2 aromatic rings. The van der Waals surface area contributed by atoms with Gasteiger partial charge in [-0.05, 0) is 48.4 Å². The van der Waals surface area contributed by atoms with Crippen LogP contribution >= 0.6 is 0 Å². The Morgan fingerprint density at radius 2 is 1.93 bits per heavy atom. The standard InChI is InChI=1S/C18H20N2O2.C2HF3O2/c1-2-9-21-18-6-4-16(20-12-18)13-22-17-5-3-14-7-8-19-11-15(14)10-17;3-2(4,5)1(6)7/h2-6,10,12,19H,1,7-9,11,13H2;(H,6,7). The van der Waals surface area contributed by atoms with Gasteiger partial charge in [-0.25, -0.2) is 4.79 Å². The maximum atomic E-state index is 10.6. The van der Waals surface area contributed by atoms with Gasteiger partial charge in [-0.1, -0.05) is 18.7 Å². The van der Waals surface area contributed by atoms with Crippen molar-refractivity contribution in [3.05, 3.63) is 66.0 Å². The lowest BCUT2D eigenvalue weighted by molar-refractivity contribution is -0.192. The van der Waals surface area contributed by atoms with Crippen molar-refractivity contribution in [2.24, 2.45) is 0 Å². The molecule has 0 radical (unpaired) electrons. The number of pyridine rings is 1. The predicted octanol–water partition coefficient (Wildman–Crippen LogP) is 3.50. The molecule has 0 fully saturated rings. The monoisotopic (exact) mass is 410 g/mol. The topological polar surface area (TPSA) is 80.7 Å². The highest BCUT2D eigenvalue weighted by Gasteiger charge is 2.38. The summed E-state index contributed by atoms with van der Waals surface area (Å²) in [7, 11) is 0. The highest BCUT2D eigenvalue weighted by Crippen LogP contribution is 2.21. The van der Waals surface area contributed by atoms with Crippen molar-refractivity contribution in [2.75, 3.05) is 13.2 Å². The van der Waals surface area contributed by atoms with Crippen LogP contribution in [0.5, 0.6) is 11.5 Å². The Morgan fingerprint density at radius 1 is 1.21 bits per heavy atom. The van der Waals surface area contributed by atoms with E-state index in [0.717, 1.165) is 36.7 Å². The third kappa shape index (κ3) is 7.46. The van der Waals surface area contributed by atoms with Gasteiger partial charge in [-0.3, -0.25) is 4.98 Å². The van der Waals surface area contributed by atoms with Gasteiger partial charge in [0.2, 0.25) is 0 Å². The number of nitrogens with zero attached hydrogens (tertiary/aromatic N) is 1. The van der Waals surface area contributed by atoms with Gasteiger partial charge in [-0.15, -0.1) is 0 Å². The van der Waals surface area contributed by atoms with E-state index in [1.54, 1.807) is 12.3 Å². The molecule has 0 atom stereocenters. The average Bonchev–Trinajstić information content (AvgIpc) is 2.71. The van der Waals surface area contributed by atoms with Gasteiger partial charge >= 0.3 is 12.1 Å². The molecule has 0 amide bonds. The van der Waals surface area contributed by atoms with Crippen molar-refractivity contribution in [2.45, 2.75) is 25.7 Å². The molecular formula is C20H21F3N2O4. The molecule has 6 nitrogen and oxygen atoms in total. The minimum Gasteiger partial charge on any atom is -0.488 e. The van der Waals surface area contributed by atoms with E-state index in [0.29, 0.717) is 13.2 Å². The van der Waals surface area contributed by atoms with Crippen LogP contribution in [0.15, 0.2) is 49.2 Å². The van der Waals surface area contributed by atoms with E-state index in [4.69, 9.17) is 19.4 Å². The van der Waals surface area contributed by atoms with E-state index in [1.165, 1.54) is 11.1 Å². The summed E-state index contributed by atoms with van der Waals surface area (Å²) in [6.45, 7) is 6.53. The normalized spacial score (nSPS) is 12.8. The minimum atomic E-state index is -5.08. The number of halogens is 3. The molecule has 0 spiro atoms. The molecule has 3 rings (SSSR count). The van der Waals surface area contributed by atoms with Gasteiger partial charge in [0.1, 0.15) is 24.7 Å². The van der Waals surface area contributed by atoms with Crippen molar-refractivity contribution < 1.29 is 32.5 Å². The molecule has 9 heteroatoms.